The molecule has 0 aliphatic carbocycles. The smallest absolute Gasteiger partial charge is 0.262 e. The van der Waals surface area contributed by atoms with Crippen LogP contribution >= 0.6 is 15.9 Å². The van der Waals surface area contributed by atoms with Gasteiger partial charge in [0.25, 0.3) is 5.56 Å². The van der Waals surface area contributed by atoms with Crippen molar-refractivity contribution < 1.29 is 5.11 Å². The molecule has 6 heteroatoms. The fourth-order valence-corrected chi connectivity index (χ4v) is 3.72. The SMILES string of the molecule is N#CCCn1c(=O)c(-c2cncc3ccccc23)c(O)c2cc(Br)ccc21. The van der Waals surface area contributed by atoms with Gasteiger partial charge in [-0.1, -0.05) is 40.2 Å². The van der Waals surface area contributed by atoms with Crippen LogP contribution in [-0.2, 0) is 6.54 Å². The molecule has 0 saturated carbocycles. The number of nitriles is 1. The molecule has 2 aromatic heterocycles. The highest BCUT2D eigenvalue weighted by molar-refractivity contribution is 9.10. The number of hydrogen-bond donors (Lipinski definition) is 1. The molecule has 0 aliphatic heterocycles. The predicted molar refractivity (Wildman–Crippen MR) is 109 cm³/mol. The normalized spacial score (nSPS) is 11.0. The van der Waals surface area contributed by atoms with E-state index in [9.17, 15) is 9.90 Å². The molecular weight excluding hydrogens is 406 g/mol. The van der Waals surface area contributed by atoms with Crippen LogP contribution in [-0.4, -0.2) is 14.7 Å². The lowest BCUT2D eigenvalue weighted by Crippen LogP contribution is -2.22. The van der Waals surface area contributed by atoms with Gasteiger partial charge in [0.2, 0.25) is 0 Å². The van der Waals surface area contributed by atoms with E-state index in [1.807, 2.05) is 30.3 Å². The highest BCUT2D eigenvalue weighted by Crippen LogP contribution is 2.37. The average molecular weight is 420 g/mol. The van der Waals surface area contributed by atoms with E-state index in [1.54, 1.807) is 29.1 Å². The lowest BCUT2D eigenvalue weighted by atomic mass is 9.99. The van der Waals surface area contributed by atoms with E-state index in [1.165, 1.54) is 0 Å². The molecule has 5 nitrogen and oxygen atoms in total. The third-order valence-corrected chi connectivity index (χ3v) is 5.08. The molecule has 0 amide bonds. The third-order valence-electron chi connectivity index (χ3n) is 4.59. The monoisotopic (exact) mass is 419 g/mol. The van der Waals surface area contributed by atoms with Gasteiger partial charge in [-0.3, -0.25) is 9.78 Å². The highest BCUT2D eigenvalue weighted by atomic mass is 79.9. The lowest BCUT2D eigenvalue weighted by Gasteiger charge is -2.15. The number of aromatic nitrogens is 2. The summed E-state index contributed by atoms with van der Waals surface area (Å²) in [4.78, 5) is 17.5. The van der Waals surface area contributed by atoms with Gasteiger partial charge >= 0.3 is 0 Å². The molecule has 2 aromatic carbocycles. The standard InChI is InChI=1S/C21H14BrN3O2/c22-14-6-7-18-16(10-14)20(26)19(21(27)25(18)9-3-8-23)17-12-24-11-13-4-1-2-5-15(13)17/h1-2,4-7,10-12,26H,3,9H2. The van der Waals surface area contributed by atoms with Crippen LogP contribution in [0.2, 0.25) is 0 Å². The molecule has 4 aromatic rings. The minimum absolute atomic E-state index is 0.0809. The number of pyridine rings is 2. The molecular formula is C21H14BrN3O2. The van der Waals surface area contributed by atoms with E-state index >= 15 is 0 Å². The maximum Gasteiger partial charge on any atom is 0.262 e. The van der Waals surface area contributed by atoms with E-state index in [-0.39, 0.29) is 29.8 Å². The Labute approximate surface area is 163 Å². The Morgan fingerprint density at radius 1 is 1.15 bits per heavy atom. The molecule has 0 spiro atoms. The maximum absolute atomic E-state index is 13.3. The average Bonchev–Trinajstić information content (AvgIpc) is 2.68. The maximum atomic E-state index is 13.3. The Balaban J connectivity index is 2.15. The van der Waals surface area contributed by atoms with E-state index in [4.69, 9.17) is 5.26 Å². The third kappa shape index (κ3) is 2.86. The van der Waals surface area contributed by atoms with Crippen molar-refractivity contribution in [1.82, 2.24) is 9.55 Å². The van der Waals surface area contributed by atoms with Crippen LogP contribution in [0.5, 0.6) is 5.75 Å². The van der Waals surface area contributed by atoms with E-state index in [0.717, 1.165) is 15.2 Å². The number of halogens is 1. The van der Waals surface area contributed by atoms with Crippen LogP contribution < -0.4 is 5.56 Å². The quantitative estimate of drug-likeness (QED) is 0.526. The first-order chi connectivity index (χ1) is 13.1. The summed E-state index contributed by atoms with van der Waals surface area (Å²) in [5.41, 5.74) is 1.02. The van der Waals surface area contributed by atoms with Crippen molar-refractivity contribution in [2.75, 3.05) is 0 Å². The summed E-state index contributed by atoms with van der Waals surface area (Å²) in [6.07, 6.45) is 3.52. The number of aryl methyl sites for hydroxylation is 1. The molecule has 0 saturated heterocycles. The van der Waals surface area contributed by atoms with Gasteiger partial charge in [-0.2, -0.15) is 5.26 Å². The fraction of sp³-hybridized carbons (Fsp3) is 0.0952. The summed E-state index contributed by atoms with van der Waals surface area (Å²) in [6.45, 7) is 0.249. The van der Waals surface area contributed by atoms with E-state index in [0.29, 0.717) is 16.5 Å². The van der Waals surface area contributed by atoms with Gasteiger partial charge < -0.3 is 9.67 Å². The zero-order valence-corrected chi connectivity index (χ0v) is 15.8. The first kappa shape index (κ1) is 17.3. The van der Waals surface area contributed by atoms with E-state index < -0.39 is 0 Å². The molecule has 0 radical (unpaired) electrons. The molecule has 0 bridgehead atoms. The zero-order valence-electron chi connectivity index (χ0n) is 14.2. The Kier molecular flexibility index (Phi) is 4.38. The van der Waals surface area contributed by atoms with Crippen molar-refractivity contribution in [3.8, 4) is 22.9 Å². The van der Waals surface area contributed by atoms with Crippen molar-refractivity contribution >= 4 is 37.6 Å². The molecule has 132 valence electrons. The van der Waals surface area contributed by atoms with Gasteiger partial charge in [0.1, 0.15) is 5.75 Å². The molecule has 2 heterocycles. The molecule has 4 rings (SSSR count). The number of nitrogens with zero attached hydrogens (tertiary/aromatic N) is 3. The topological polar surface area (TPSA) is 78.9 Å². The number of fused-ring (bicyclic) bond motifs is 2. The second-order valence-electron chi connectivity index (χ2n) is 6.16. The second-order valence-corrected chi connectivity index (χ2v) is 7.07. The number of hydrogen-bond acceptors (Lipinski definition) is 4. The van der Waals surface area contributed by atoms with Gasteiger partial charge in [-0.05, 0) is 23.6 Å². The first-order valence-electron chi connectivity index (χ1n) is 8.37. The Bertz CT molecular complexity index is 1280. The minimum atomic E-state index is -0.337. The summed E-state index contributed by atoms with van der Waals surface area (Å²) >= 11 is 3.42. The fourth-order valence-electron chi connectivity index (χ4n) is 3.36. The van der Waals surface area contributed by atoms with Crippen LogP contribution in [0.3, 0.4) is 0 Å². The van der Waals surface area contributed by atoms with Gasteiger partial charge in [0.05, 0.1) is 23.6 Å². The van der Waals surface area contributed by atoms with Crippen LogP contribution in [0, 0.1) is 11.3 Å². The van der Waals surface area contributed by atoms with Crippen molar-refractivity contribution in [3.05, 3.63) is 69.7 Å². The van der Waals surface area contributed by atoms with E-state index in [2.05, 4.69) is 27.0 Å². The summed E-state index contributed by atoms with van der Waals surface area (Å²) in [6, 6.07) is 15.0. The Morgan fingerprint density at radius 3 is 2.78 bits per heavy atom. The number of rotatable bonds is 3. The van der Waals surface area contributed by atoms with Gasteiger partial charge in [0.15, 0.2) is 0 Å². The van der Waals surface area contributed by atoms with Gasteiger partial charge in [-0.15, -0.1) is 0 Å². The van der Waals surface area contributed by atoms with Crippen LogP contribution in [0.25, 0.3) is 32.8 Å². The highest BCUT2D eigenvalue weighted by Gasteiger charge is 2.20. The molecule has 0 unspecified atom stereocenters. The number of aromatic hydroxyl groups is 1. The van der Waals surface area contributed by atoms with Gasteiger partial charge in [-0.25, -0.2) is 0 Å². The summed E-state index contributed by atoms with van der Waals surface area (Å²) in [5, 5.41) is 22.2. The second kappa shape index (κ2) is 6.86. The molecule has 0 fully saturated rings. The summed E-state index contributed by atoms with van der Waals surface area (Å²) < 4.78 is 2.33. The largest absolute Gasteiger partial charge is 0.506 e. The van der Waals surface area contributed by atoms with Crippen LogP contribution in [0.15, 0.2) is 64.1 Å². The Morgan fingerprint density at radius 2 is 1.96 bits per heavy atom. The summed E-state index contributed by atoms with van der Waals surface area (Å²) in [5.74, 6) is -0.0809. The molecule has 0 atom stereocenters. The molecule has 27 heavy (non-hydrogen) atoms. The van der Waals surface area contributed by atoms with Crippen LogP contribution in [0.1, 0.15) is 6.42 Å². The van der Waals surface area contributed by atoms with Crippen molar-refractivity contribution in [1.29, 1.82) is 5.26 Å². The Hall–Kier alpha value is -3.17. The van der Waals surface area contributed by atoms with Crippen LogP contribution in [0.4, 0.5) is 0 Å². The van der Waals surface area contributed by atoms with Crippen molar-refractivity contribution in [2.45, 2.75) is 13.0 Å². The molecule has 0 aliphatic rings. The minimum Gasteiger partial charge on any atom is -0.506 e. The lowest BCUT2D eigenvalue weighted by molar-refractivity contribution is 0.481. The summed E-state index contributed by atoms with van der Waals surface area (Å²) in [7, 11) is 0. The number of benzene rings is 2. The first-order valence-corrected chi connectivity index (χ1v) is 9.16. The predicted octanol–water partition coefficient (Wildman–Crippen LogP) is 4.60. The van der Waals surface area contributed by atoms with Crippen molar-refractivity contribution in [2.24, 2.45) is 0 Å². The zero-order chi connectivity index (χ0) is 19.0. The van der Waals surface area contributed by atoms with Gasteiger partial charge in [0, 0.05) is 39.7 Å². The van der Waals surface area contributed by atoms with Crippen molar-refractivity contribution in [3.63, 3.8) is 0 Å². The molecule has 1 N–H and O–H groups in total.